The van der Waals surface area contributed by atoms with E-state index in [0.29, 0.717) is 12.0 Å². The molecule has 23 heavy (non-hydrogen) atoms. The third-order valence-corrected chi connectivity index (χ3v) is 3.22. The van der Waals surface area contributed by atoms with E-state index in [-0.39, 0.29) is 12.8 Å². The van der Waals surface area contributed by atoms with Crippen LogP contribution in [0.5, 0.6) is 0 Å². The summed E-state index contributed by atoms with van der Waals surface area (Å²) in [5.41, 5.74) is 0.566. The molecule has 1 aliphatic heterocycles. The average molecular weight is 318 g/mol. The molecule has 1 aliphatic rings. The Morgan fingerprint density at radius 3 is 2.57 bits per heavy atom. The second-order valence-corrected chi connectivity index (χ2v) is 6.56. The first kappa shape index (κ1) is 15.6. The van der Waals surface area contributed by atoms with Crippen molar-refractivity contribution >= 4 is 12.1 Å². The predicted octanol–water partition coefficient (Wildman–Crippen LogP) is 3.76. The zero-order valence-electron chi connectivity index (χ0n) is 15.0. The van der Waals surface area contributed by atoms with Crippen molar-refractivity contribution in [3.63, 3.8) is 0 Å². The fourth-order valence-electron chi connectivity index (χ4n) is 2.26. The minimum Gasteiger partial charge on any atom is -0.460 e. The molecular formula is C18H23NO4. The number of ether oxygens (including phenoxy) is 2. The van der Waals surface area contributed by atoms with Gasteiger partial charge < -0.3 is 9.47 Å². The van der Waals surface area contributed by atoms with E-state index in [1.807, 2.05) is 6.07 Å². The van der Waals surface area contributed by atoms with Crippen molar-refractivity contribution in [3.05, 3.63) is 47.6 Å². The fourth-order valence-corrected chi connectivity index (χ4v) is 2.26. The maximum absolute atomic E-state index is 12.4. The lowest BCUT2D eigenvalue weighted by Crippen LogP contribution is -2.40. The van der Waals surface area contributed by atoms with Gasteiger partial charge in [0.25, 0.3) is 0 Å². The fraction of sp³-hybridized carbons (Fsp3) is 0.444. The number of esters is 1. The van der Waals surface area contributed by atoms with Crippen LogP contribution in [0.4, 0.5) is 4.79 Å². The molecule has 0 aliphatic carbocycles. The minimum absolute atomic E-state index is 0.0205. The van der Waals surface area contributed by atoms with E-state index in [9.17, 15) is 9.59 Å². The van der Waals surface area contributed by atoms with E-state index < -0.39 is 23.7 Å². The quantitative estimate of drug-likeness (QED) is 0.796. The number of carbonyl (C=O) groups excluding carboxylic acids is 2. The highest BCUT2D eigenvalue weighted by atomic mass is 16.6. The largest absolute Gasteiger partial charge is 0.460 e. The summed E-state index contributed by atoms with van der Waals surface area (Å²) in [7, 11) is 0. The molecule has 1 aromatic rings. The Morgan fingerprint density at radius 2 is 1.96 bits per heavy atom. The smallest absolute Gasteiger partial charge is 0.414 e. The van der Waals surface area contributed by atoms with Crippen molar-refractivity contribution < 1.29 is 20.4 Å². The zero-order valence-corrected chi connectivity index (χ0v) is 14.0. The van der Waals surface area contributed by atoms with Crippen LogP contribution in [0.2, 0.25) is 0 Å². The monoisotopic (exact) mass is 318 g/mol. The predicted molar refractivity (Wildman–Crippen MR) is 87.0 cm³/mol. The molecule has 0 saturated carbocycles. The first-order valence-corrected chi connectivity index (χ1v) is 7.60. The number of hydrogen-bond donors (Lipinski definition) is 0. The summed E-state index contributed by atoms with van der Waals surface area (Å²) in [6.45, 7) is 7.12. The van der Waals surface area contributed by atoms with Crippen LogP contribution in [0.15, 0.2) is 42.1 Å². The van der Waals surface area contributed by atoms with Gasteiger partial charge in [0.15, 0.2) is 0 Å². The summed E-state index contributed by atoms with van der Waals surface area (Å²) in [4.78, 5) is 25.7. The van der Waals surface area contributed by atoms with Gasteiger partial charge in [0.05, 0.1) is 13.0 Å². The standard InChI is InChI=1S/C18H23NO4/c1-13-10-15(19(11-13)17(21)23-18(2,3)4)12-22-16(20)14-8-6-5-7-9-14/h5-9,11,15H,10,12H2,1-4H3/t15-/m0/s1/i11D. The Bertz CT molecular complexity index is 649. The molecule has 1 atom stereocenters. The molecule has 0 saturated heterocycles. The number of amides is 1. The third-order valence-electron chi connectivity index (χ3n) is 3.22. The second kappa shape index (κ2) is 6.86. The van der Waals surface area contributed by atoms with Crippen molar-refractivity contribution in [3.8, 4) is 0 Å². The lowest BCUT2D eigenvalue weighted by Gasteiger charge is -2.27. The number of benzene rings is 1. The molecule has 1 heterocycles. The lowest BCUT2D eigenvalue weighted by molar-refractivity contribution is 0.0162. The van der Waals surface area contributed by atoms with Crippen LogP contribution in [-0.4, -0.2) is 35.2 Å². The van der Waals surface area contributed by atoms with Gasteiger partial charge >= 0.3 is 12.1 Å². The Hall–Kier alpha value is -2.30. The summed E-state index contributed by atoms with van der Waals surface area (Å²) in [5, 5.41) is 0. The van der Waals surface area contributed by atoms with E-state index >= 15 is 0 Å². The number of carbonyl (C=O) groups is 2. The van der Waals surface area contributed by atoms with Gasteiger partial charge in [-0.05, 0) is 46.2 Å². The molecule has 1 amide bonds. The highest BCUT2D eigenvalue weighted by Crippen LogP contribution is 2.24. The summed E-state index contributed by atoms with van der Waals surface area (Å²) in [6, 6.07) is 8.25. The van der Waals surface area contributed by atoms with Gasteiger partial charge in [0.1, 0.15) is 12.2 Å². The number of hydrogen-bond acceptors (Lipinski definition) is 4. The zero-order chi connectivity index (χ0) is 17.9. The summed E-state index contributed by atoms with van der Waals surface area (Å²) < 4.78 is 18.8. The molecular weight excluding hydrogens is 294 g/mol. The molecule has 0 N–H and O–H groups in total. The SMILES string of the molecule is [2H]C1=C(C)C[C@@H](COC(=O)c2ccccc2)N1C(=O)OC(C)(C)C. The average Bonchev–Trinajstić information content (AvgIpc) is 2.79. The molecule has 124 valence electrons. The lowest BCUT2D eigenvalue weighted by atomic mass is 10.1. The van der Waals surface area contributed by atoms with Crippen LogP contribution in [0.3, 0.4) is 0 Å². The molecule has 2 rings (SSSR count). The van der Waals surface area contributed by atoms with E-state index in [2.05, 4.69) is 0 Å². The minimum atomic E-state index is -0.654. The van der Waals surface area contributed by atoms with Crippen molar-refractivity contribution in [1.29, 1.82) is 0 Å². The highest BCUT2D eigenvalue weighted by molar-refractivity contribution is 5.89. The van der Waals surface area contributed by atoms with Crippen molar-refractivity contribution in [2.75, 3.05) is 6.61 Å². The van der Waals surface area contributed by atoms with Gasteiger partial charge in [-0.25, -0.2) is 9.59 Å². The number of rotatable bonds is 3. The second-order valence-electron chi connectivity index (χ2n) is 6.56. The Balaban J connectivity index is 2.03. The van der Waals surface area contributed by atoms with Crippen LogP contribution in [0.25, 0.3) is 0 Å². The first-order chi connectivity index (χ1) is 11.2. The molecule has 1 aromatic carbocycles. The van der Waals surface area contributed by atoms with E-state index in [1.165, 1.54) is 4.90 Å². The van der Waals surface area contributed by atoms with Crippen LogP contribution in [-0.2, 0) is 9.47 Å². The van der Waals surface area contributed by atoms with Gasteiger partial charge in [-0.2, -0.15) is 0 Å². The summed E-state index contributed by atoms with van der Waals surface area (Å²) in [6.07, 6.45) is 0.00952. The summed E-state index contributed by atoms with van der Waals surface area (Å²) in [5.74, 6) is -0.448. The van der Waals surface area contributed by atoms with E-state index in [1.54, 1.807) is 52.0 Å². The molecule has 0 bridgehead atoms. The first-order valence-electron chi connectivity index (χ1n) is 8.10. The molecule has 5 nitrogen and oxygen atoms in total. The van der Waals surface area contributed by atoms with Crippen LogP contribution < -0.4 is 0 Å². The van der Waals surface area contributed by atoms with Gasteiger partial charge in [0, 0.05) is 6.18 Å². The maximum atomic E-state index is 12.4. The molecule has 0 radical (unpaired) electrons. The van der Waals surface area contributed by atoms with Crippen molar-refractivity contribution in [1.82, 2.24) is 4.90 Å². The van der Waals surface area contributed by atoms with Crippen molar-refractivity contribution in [2.24, 2.45) is 0 Å². The van der Waals surface area contributed by atoms with E-state index in [4.69, 9.17) is 10.8 Å². The number of nitrogens with zero attached hydrogens (tertiary/aromatic N) is 1. The molecule has 0 aromatic heterocycles. The van der Waals surface area contributed by atoms with Crippen LogP contribution in [0, 0.1) is 0 Å². The van der Waals surface area contributed by atoms with Gasteiger partial charge in [0.2, 0.25) is 0 Å². The normalized spacial score (nSPS) is 18.7. The molecule has 5 heteroatoms. The Morgan fingerprint density at radius 1 is 1.30 bits per heavy atom. The van der Waals surface area contributed by atoms with E-state index in [0.717, 1.165) is 5.57 Å². The van der Waals surface area contributed by atoms with Crippen LogP contribution >= 0.6 is 0 Å². The maximum Gasteiger partial charge on any atom is 0.414 e. The Labute approximate surface area is 138 Å². The molecule has 0 unspecified atom stereocenters. The third kappa shape index (κ3) is 4.84. The van der Waals surface area contributed by atoms with Crippen LogP contribution in [0.1, 0.15) is 45.8 Å². The van der Waals surface area contributed by atoms with Crippen molar-refractivity contribution in [2.45, 2.75) is 45.8 Å². The summed E-state index contributed by atoms with van der Waals surface area (Å²) >= 11 is 0. The topological polar surface area (TPSA) is 55.8 Å². The molecule has 0 spiro atoms. The van der Waals surface area contributed by atoms with Gasteiger partial charge in [-0.15, -0.1) is 0 Å². The van der Waals surface area contributed by atoms with Gasteiger partial charge in [-0.3, -0.25) is 4.90 Å². The highest BCUT2D eigenvalue weighted by Gasteiger charge is 2.32. The molecule has 0 fully saturated rings. The van der Waals surface area contributed by atoms with Gasteiger partial charge in [-0.1, -0.05) is 23.8 Å². The Kier molecular flexibility index (Phi) is 4.65.